The van der Waals surface area contributed by atoms with Gasteiger partial charge in [-0.3, -0.25) is 0 Å². The molecule has 0 bridgehead atoms. The van der Waals surface area contributed by atoms with Gasteiger partial charge in [-0.25, -0.2) is 0 Å². The monoisotopic (exact) mass is 160 g/mol. The van der Waals surface area contributed by atoms with Crippen LogP contribution in [-0.4, -0.2) is 4.89 Å². The molecule has 8 heavy (non-hydrogen) atoms. The SMILES string of the molecule is O=P(=O)O[PH]1(O)OO1. The molecule has 6 nitrogen and oxygen atoms in total. The summed E-state index contributed by atoms with van der Waals surface area (Å²) in [6.07, 6.45) is 0. The maximum atomic E-state index is 9.58. The van der Waals surface area contributed by atoms with Crippen LogP contribution in [0.3, 0.4) is 0 Å². The van der Waals surface area contributed by atoms with Gasteiger partial charge < -0.3 is 0 Å². The molecular formula is H2O6P2. The van der Waals surface area contributed by atoms with Crippen molar-refractivity contribution < 1.29 is 27.7 Å². The van der Waals surface area contributed by atoms with E-state index in [4.69, 9.17) is 4.89 Å². The maximum absolute atomic E-state index is 9.58. The molecule has 0 atom stereocenters. The Bertz CT molecular complexity index is 144. The Morgan fingerprint density at radius 1 is 1.50 bits per heavy atom. The Balaban J connectivity index is 2.40. The van der Waals surface area contributed by atoms with Crippen molar-refractivity contribution in [2.24, 2.45) is 0 Å². The summed E-state index contributed by atoms with van der Waals surface area (Å²) >= 11 is 0. The van der Waals surface area contributed by atoms with Crippen molar-refractivity contribution in [3.8, 4) is 0 Å². The van der Waals surface area contributed by atoms with Gasteiger partial charge in [0.25, 0.3) is 0 Å². The summed E-state index contributed by atoms with van der Waals surface area (Å²) in [4.78, 5) is 8.39. The average molecular weight is 160 g/mol. The average Bonchev–Trinajstić information content (AvgIpc) is 2.17. The molecule has 1 fully saturated rings. The van der Waals surface area contributed by atoms with Crippen LogP contribution in [0.15, 0.2) is 0 Å². The predicted octanol–water partition coefficient (Wildman–Crippen LogP) is 0.455. The van der Waals surface area contributed by atoms with Crippen molar-refractivity contribution >= 4 is 16.1 Å². The van der Waals surface area contributed by atoms with Gasteiger partial charge in [-0.2, -0.15) is 0 Å². The molecule has 0 aromatic rings. The van der Waals surface area contributed by atoms with E-state index in [1.165, 1.54) is 0 Å². The van der Waals surface area contributed by atoms with E-state index in [0.29, 0.717) is 0 Å². The third-order valence-corrected chi connectivity index (χ3v) is 2.39. The minimum absolute atomic E-state index is 3.06. The van der Waals surface area contributed by atoms with Crippen molar-refractivity contribution in [2.45, 2.75) is 0 Å². The topological polar surface area (TPSA) is 88.7 Å². The van der Waals surface area contributed by atoms with Gasteiger partial charge in [-0.05, 0) is 0 Å². The molecule has 8 heteroatoms. The van der Waals surface area contributed by atoms with E-state index in [0.717, 1.165) is 0 Å². The summed E-state index contributed by atoms with van der Waals surface area (Å²) < 4.78 is 30.5. The molecule has 0 aliphatic carbocycles. The van der Waals surface area contributed by atoms with Crippen LogP contribution in [0.4, 0.5) is 0 Å². The van der Waals surface area contributed by atoms with E-state index >= 15 is 0 Å². The Labute approximate surface area is 44.9 Å². The van der Waals surface area contributed by atoms with Crippen molar-refractivity contribution in [1.82, 2.24) is 0 Å². The Morgan fingerprint density at radius 3 is 2.12 bits per heavy atom. The first-order valence-electron chi connectivity index (χ1n) is 1.55. The van der Waals surface area contributed by atoms with Crippen LogP contribution in [0, 0.1) is 0 Å². The first kappa shape index (κ1) is 6.29. The van der Waals surface area contributed by atoms with Crippen LogP contribution in [0.1, 0.15) is 0 Å². The van der Waals surface area contributed by atoms with Gasteiger partial charge in [0.2, 0.25) is 0 Å². The standard InChI is InChI=1S/H2O6P2/c1-7(2)6-8(3)4-5-8/h3,8H. The Morgan fingerprint density at radius 2 is 2.00 bits per heavy atom. The van der Waals surface area contributed by atoms with Crippen LogP contribution in [0.2, 0.25) is 0 Å². The molecule has 0 saturated carbocycles. The molecule has 0 aromatic carbocycles. The van der Waals surface area contributed by atoms with E-state index in [2.05, 4.69) is 13.7 Å². The summed E-state index contributed by atoms with van der Waals surface area (Å²) in [5.74, 6) is 0. The van der Waals surface area contributed by atoms with Gasteiger partial charge in [0.05, 0.1) is 0 Å². The molecule has 0 amide bonds. The zero-order valence-electron chi connectivity index (χ0n) is 3.44. The predicted molar refractivity (Wildman–Crippen MR) is 22.1 cm³/mol. The molecule has 1 aliphatic rings. The number of hydrogen-bond donors (Lipinski definition) is 1. The first-order chi connectivity index (χ1) is 3.62. The van der Waals surface area contributed by atoms with Crippen LogP contribution >= 0.6 is 16.1 Å². The van der Waals surface area contributed by atoms with Crippen LogP contribution < -0.4 is 0 Å². The molecule has 1 aliphatic heterocycles. The van der Waals surface area contributed by atoms with E-state index < -0.39 is 16.1 Å². The summed E-state index contributed by atoms with van der Waals surface area (Å²) in [6, 6.07) is 0. The van der Waals surface area contributed by atoms with Crippen molar-refractivity contribution in [1.29, 1.82) is 0 Å². The van der Waals surface area contributed by atoms with E-state index in [-0.39, 0.29) is 0 Å². The second-order valence-electron chi connectivity index (χ2n) is 1.01. The fourth-order valence-corrected chi connectivity index (χ4v) is 1.44. The molecule has 1 rings (SSSR count). The molecule has 0 spiro atoms. The fourth-order valence-electron chi connectivity index (χ4n) is 0.160. The van der Waals surface area contributed by atoms with Gasteiger partial charge in [0.15, 0.2) is 0 Å². The molecular weight excluding hydrogens is 158 g/mol. The van der Waals surface area contributed by atoms with Crippen molar-refractivity contribution in [3.63, 3.8) is 0 Å². The second kappa shape index (κ2) is 1.84. The Hall–Kier alpha value is 0.170. The normalized spacial score (nSPS) is 26.6. The molecule has 1 N–H and O–H groups in total. The first-order valence-corrected chi connectivity index (χ1v) is 4.32. The van der Waals surface area contributed by atoms with Gasteiger partial charge in [-0.1, -0.05) is 0 Å². The second-order valence-corrected chi connectivity index (χ2v) is 3.56. The van der Waals surface area contributed by atoms with E-state index in [9.17, 15) is 9.13 Å². The van der Waals surface area contributed by atoms with Gasteiger partial charge in [0, 0.05) is 0 Å². The molecule has 0 aromatic heterocycles. The van der Waals surface area contributed by atoms with Crippen molar-refractivity contribution in [2.75, 3.05) is 0 Å². The molecule has 1 saturated heterocycles. The summed E-state index contributed by atoms with van der Waals surface area (Å²) in [5.41, 5.74) is 0. The van der Waals surface area contributed by atoms with E-state index in [1.807, 2.05) is 0 Å². The van der Waals surface area contributed by atoms with Crippen LogP contribution in [-0.2, 0) is 22.8 Å². The fraction of sp³-hybridized carbons (Fsp3) is 0. The molecule has 48 valence electrons. The zero-order chi connectivity index (χ0) is 6.20. The molecule has 0 radical (unpaired) electrons. The van der Waals surface area contributed by atoms with Gasteiger partial charge in [0.1, 0.15) is 0 Å². The van der Waals surface area contributed by atoms with Crippen molar-refractivity contribution in [3.05, 3.63) is 0 Å². The third kappa shape index (κ3) is 1.59. The number of hydrogen-bond acceptors (Lipinski definition) is 6. The van der Waals surface area contributed by atoms with Gasteiger partial charge >= 0.3 is 43.8 Å². The Kier molecular flexibility index (Phi) is 1.45. The summed E-state index contributed by atoms with van der Waals surface area (Å²) in [6.45, 7) is 0. The summed E-state index contributed by atoms with van der Waals surface area (Å²) in [5, 5.41) is 0. The zero-order valence-corrected chi connectivity index (χ0v) is 5.33. The van der Waals surface area contributed by atoms with Gasteiger partial charge in [-0.15, -0.1) is 0 Å². The molecule has 1 heterocycles. The number of rotatable bonds is 2. The van der Waals surface area contributed by atoms with Crippen LogP contribution in [0.5, 0.6) is 0 Å². The quantitative estimate of drug-likeness (QED) is 0.358. The van der Waals surface area contributed by atoms with Crippen LogP contribution in [0.25, 0.3) is 0 Å². The van der Waals surface area contributed by atoms with E-state index in [1.54, 1.807) is 0 Å². The molecule has 0 unspecified atom stereocenters. The minimum atomic E-state index is -3.57. The summed E-state index contributed by atoms with van der Waals surface area (Å²) in [7, 11) is -6.63. The third-order valence-electron chi connectivity index (χ3n) is 0.416.